The van der Waals surface area contributed by atoms with Crippen LogP contribution in [0, 0.1) is 7.14 Å². The van der Waals surface area contributed by atoms with E-state index in [0.29, 0.717) is 11.5 Å². The second-order valence-corrected chi connectivity index (χ2v) is 13.1. The van der Waals surface area contributed by atoms with E-state index < -0.39 is 0 Å². The van der Waals surface area contributed by atoms with Gasteiger partial charge in [-0.1, -0.05) is 24.3 Å². The summed E-state index contributed by atoms with van der Waals surface area (Å²) in [6, 6.07) is 26.9. The van der Waals surface area contributed by atoms with Gasteiger partial charge in [-0.3, -0.25) is 19.6 Å². The number of rotatable bonds is 6. The van der Waals surface area contributed by atoms with Gasteiger partial charge in [0.2, 0.25) is 0 Å². The van der Waals surface area contributed by atoms with Gasteiger partial charge in [-0.25, -0.2) is 0 Å². The van der Waals surface area contributed by atoms with E-state index in [0.717, 1.165) is 18.3 Å². The molecule has 0 unspecified atom stereocenters. The number of esters is 2. The Morgan fingerprint density at radius 1 is 0.543 bits per heavy atom. The molecule has 8 nitrogen and oxygen atoms in total. The van der Waals surface area contributed by atoms with Crippen LogP contribution in [0.25, 0.3) is 0 Å². The molecule has 1 aliphatic rings. The predicted octanol–water partition coefficient (Wildman–Crippen LogP) is 8.08. The summed E-state index contributed by atoms with van der Waals surface area (Å²) in [5, 5.41) is 18.1. The van der Waals surface area contributed by atoms with Crippen LogP contribution in [0.2, 0.25) is 0 Å². The molecule has 5 aromatic rings. The first-order chi connectivity index (χ1) is 22.1. The maximum atomic E-state index is 11.4. The molecule has 0 aliphatic heterocycles. The lowest BCUT2D eigenvalue weighted by Crippen LogP contribution is -2.40. The van der Waals surface area contributed by atoms with Gasteiger partial charge in [0, 0.05) is 44.7 Å². The minimum Gasteiger partial charge on any atom is -0.507 e. The van der Waals surface area contributed by atoms with Gasteiger partial charge >= 0.3 is 11.9 Å². The molecule has 46 heavy (non-hydrogen) atoms. The Hall–Kier alpha value is -4.04. The molecule has 1 aliphatic carbocycles. The summed E-state index contributed by atoms with van der Waals surface area (Å²) >= 11 is 4.00. The first kappa shape index (κ1) is 33.3. The van der Waals surface area contributed by atoms with E-state index >= 15 is 0 Å². The van der Waals surface area contributed by atoms with Crippen molar-refractivity contribution >= 4 is 57.1 Å². The predicted molar refractivity (Wildman–Crippen MR) is 190 cm³/mol. The van der Waals surface area contributed by atoms with Gasteiger partial charge in [-0.2, -0.15) is 0 Å². The fourth-order valence-electron chi connectivity index (χ4n) is 5.95. The summed E-state index contributed by atoms with van der Waals surface area (Å²) in [5.41, 5.74) is 4.75. The third kappa shape index (κ3) is 7.84. The van der Waals surface area contributed by atoms with Gasteiger partial charge < -0.3 is 19.7 Å². The maximum Gasteiger partial charge on any atom is 0.308 e. The van der Waals surface area contributed by atoms with Crippen molar-refractivity contribution in [3.8, 4) is 23.0 Å². The van der Waals surface area contributed by atoms with E-state index in [1.165, 1.54) is 31.0 Å². The SMILES string of the molecule is CC(=O)Oc1ccc([C@@H]2[C@@H](c3ccncc3)[C@@H](c3ccncc3)[C@@H]2c2ccc(OC(C)=O)cc2)cc1.Oc1cc(O)c(I)cc1I. The Bertz CT molecular complexity index is 1650. The summed E-state index contributed by atoms with van der Waals surface area (Å²) in [6.45, 7) is 2.79. The van der Waals surface area contributed by atoms with Crippen molar-refractivity contribution in [1.29, 1.82) is 0 Å². The molecule has 0 spiro atoms. The standard InChI is InChI=1S/C30H26N2O4.C6H4I2O2/c1-19(33)35-25-7-3-21(4-8-25)27-28(22-5-9-26(10-6-22)36-20(2)34)30(24-13-17-32-18-14-24)29(27)23-11-15-31-16-12-23;7-3-1-4(8)6(10)2-5(3)9/h3-18,27-30H,1-2H3;1-2,9-10H/t27-,28+,29+,30-;. The monoisotopic (exact) mass is 840 g/mol. The van der Waals surface area contributed by atoms with Gasteiger partial charge in [0.05, 0.1) is 7.14 Å². The molecular formula is C36H30I2N2O6. The van der Waals surface area contributed by atoms with Crippen LogP contribution >= 0.6 is 45.2 Å². The van der Waals surface area contributed by atoms with E-state index in [4.69, 9.17) is 19.7 Å². The number of hydrogen-bond donors (Lipinski definition) is 2. The van der Waals surface area contributed by atoms with Crippen molar-refractivity contribution in [2.45, 2.75) is 37.5 Å². The molecular weight excluding hydrogens is 810 g/mol. The smallest absolute Gasteiger partial charge is 0.308 e. The van der Waals surface area contributed by atoms with Crippen molar-refractivity contribution in [2.24, 2.45) is 0 Å². The largest absolute Gasteiger partial charge is 0.507 e. The minimum absolute atomic E-state index is 0.124. The highest BCUT2D eigenvalue weighted by atomic mass is 127. The van der Waals surface area contributed by atoms with Crippen molar-refractivity contribution in [3.05, 3.63) is 139 Å². The third-order valence-electron chi connectivity index (χ3n) is 7.80. The van der Waals surface area contributed by atoms with Crippen molar-refractivity contribution < 1.29 is 29.3 Å². The van der Waals surface area contributed by atoms with Crippen molar-refractivity contribution in [3.63, 3.8) is 0 Å². The van der Waals surface area contributed by atoms with E-state index in [2.05, 4.69) is 34.2 Å². The van der Waals surface area contributed by atoms with E-state index in [9.17, 15) is 9.59 Å². The fraction of sp³-hybridized carbons (Fsp3) is 0.167. The Kier molecular flexibility index (Phi) is 10.9. The van der Waals surface area contributed by atoms with Crippen LogP contribution in [0.4, 0.5) is 0 Å². The number of benzene rings is 3. The van der Waals surface area contributed by atoms with Crippen LogP contribution in [-0.4, -0.2) is 32.1 Å². The first-order valence-corrected chi connectivity index (χ1v) is 16.5. The average Bonchev–Trinajstić information content (AvgIpc) is 3.02. The van der Waals surface area contributed by atoms with E-state index in [1.807, 2.05) is 119 Å². The van der Waals surface area contributed by atoms with Gasteiger partial charge in [0.25, 0.3) is 0 Å². The number of carbonyl (C=O) groups excluding carboxylic acids is 2. The highest BCUT2D eigenvalue weighted by Crippen LogP contribution is 2.66. The topological polar surface area (TPSA) is 119 Å². The second kappa shape index (κ2) is 15.0. The fourth-order valence-corrected chi connectivity index (χ4v) is 7.48. The minimum atomic E-state index is -0.343. The molecule has 1 fully saturated rings. The maximum absolute atomic E-state index is 11.4. The summed E-state index contributed by atoms with van der Waals surface area (Å²) in [5.74, 6) is 1.35. The molecule has 0 amide bonds. The van der Waals surface area contributed by atoms with Crippen LogP contribution < -0.4 is 9.47 Å². The molecule has 1 saturated carbocycles. The summed E-state index contributed by atoms with van der Waals surface area (Å²) in [6.07, 6.45) is 7.34. The highest BCUT2D eigenvalue weighted by molar-refractivity contribution is 14.1. The van der Waals surface area contributed by atoms with Crippen molar-refractivity contribution in [2.75, 3.05) is 0 Å². The number of nitrogens with zero attached hydrogens (tertiary/aromatic N) is 2. The summed E-state index contributed by atoms with van der Waals surface area (Å²) in [7, 11) is 0. The Morgan fingerprint density at radius 2 is 0.848 bits per heavy atom. The molecule has 2 N–H and O–H groups in total. The molecule has 2 aromatic heterocycles. The van der Waals surface area contributed by atoms with Crippen LogP contribution in [-0.2, 0) is 9.59 Å². The van der Waals surface area contributed by atoms with Crippen LogP contribution in [0.5, 0.6) is 23.0 Å². The van der Waals surface area contributed by atoms with E-state index in [1.54, 1.807) is 6.07 Å². The van der Waals surface area contributed by atoms with Gasteiger partial charge in [0.1, 0.15) is 23.0 Å². The second-order valence-electron chi connectivity index (χ2n) is 10.7. The highest BCUT2D eigenvalue weighted by Gasteiger charge is 2.52. The molecule has 4 atom stereocenters. The molecule has 3 aromatic carbocycles. The zero-order valence-electron chi connectivity index (χ0n) is 24.9. The van der Waals surface area contributed by atoms with Gasteiger partial charge in [0.15, 0.2) is 0 Å². The molecule has 10 heteroatoms. The number of carbonyl (C=O) groups is 2. The lowest BCUT2D eigenvalue weighted by atomic mass is 9.49. The number of aromatic hydroxyl groups is 2. The number of pyridine rings is 2. The van der Waals surface area contributed by atoms with Crippen LogP contribution in [0.15, 0.2) is 110 Å². The first-order valence-electron chi connectivity index (χ1n) is 14.4. The van der Waals surface area contributed by atoms with Gasteiger partial charge in [-0.15, -0.1) is 0 Å². The summed E-state index contributed by atoms with van der Waals surface area (Å²) < 4.78 is 12.0. The number of phenols is 2. The number of ether oxygens (including phenoxy) is 2. The van der Waals surface area contributed by atoms with Gasteiger partial charge in [-0.05, 0) is 146 Å². The normalized spacial score (nSPS) is 18.3. The Balaban J connectivity index is 0.000000356. The number of aromatic nitrogens is 2. The molecule has 2 heterocycles. The lowest BCUT2D eigenvalue weighted by molar-refractivity contribution is -0.132. The van der Waals surface area contributed by atoms with E-state index in [-0.39, 0.29) is 47.1 Å². The molecule has 234 valence electrons. The lowest BCUT2D eigenvalue weighted by Gasteiger charge is -2.53. The number of phenolic OH excluding ortho intramolecular Hbond substituents is 2. The average molecular weight is 840 g/mol. The Labute approximate surface area is 294 Å². The number of hydrogen-bond acceptors (Lipinski definition) is 8. The molecule has 0 saturated heterocycles. The van der Waals surface area contributed by atoms with Crippen LogP contribution in [0.3, 0.4) is 0 Å². The number of halogens is 2. The molecule has 0 bridgehead atoms. The molecule has 6 rings (SSSR count). The zero-order chi connectivity index (χ0) is 32.8. The van der Waals surface area contributed by atoms with Crippen LogP contribution in [0.1, 0.15) is 59.8 Å². The summed E-state index contributed by atoms with van der Waals surface area (Å²) in [4.78, 5) is 31.3. The molecule has 0 radical (unpaired) electrons. The van der Waals surface area contributed by atoms with Crippen molar-refractivity contribution in [1.82, 2.24) is 9.97 Å². The Morgan fingerprint density at radius 3 is 1.13 bits per heavy atom. The zero-order valence-corrected chi connectivity index (χ0v) is 29.2. The third-order valence-corrected chi connectivity index (χ3v) is 9.53. The quantitative estimate of drug-likeness (QED) is 0.100.